The fraction of sp³-hybridized carbons (Fsp3) is 0.486. The van der Waals surface area contributed by atoms with E-state index in [0.717, 1.165) is 33.1 Å². The lowest BCUT2D eigenvalue weighted by Gasteiger charge is -2.59. The first-order valence-corrected chi connectivity index (χ1v) is 16.4. The largest absolute Gasteiger partial charge is 0.489 e. The molecule has 0 bridgehead atoms. The molecule has 3 saturated carbocycles. The second-order valence-corrected chi connectivity index (χ2v) is 14.7. The first kappa shape index (κ1) is 30.1. The molecule has 1 heterocycles. The summed E-state index contributed by atoms with van der Waals surface area (Å²) in [6.45, 7) is 3.84. The van der Waals surface area contributed by atoms with Gasteiger partial charge in [0.05, 0.1) is 12.2 Å². The van der Waals surface area contributed by atoms with E-state index in [2.05, 4.69) is 29.5 Å². The Morgan fingerprint density at radius 3 is 2.80 bits per heavy atom. The Morgan fingerprint density at radius 1 is 1.20 bits per heavy atom. The number of ether oxygens (including phenoxy) is 3. The van der Waals surface area contributed by atoms with Gasteiger partial charge in [-0.1, -0.05) is 37.6 Å². The normalized spacial score (nSPS) is 38.8. The van der Waals surface area contributed by atoms with E-state index in [4.69, 9.17) is 19.9 Å². The van der Waals surface area contributed by atoms with Crippen molar-refractivity contribution in [1.29, 1.82) is 0 Å². The van der Waals surface area contributed by atoms with Crippen LogP contribution in [0.2, 0.25) is 0 Å². The van der Waals surface area contributed by atoms with Crippen LogP contribution in [-0.2, 0) is 25.7 Å². The summed E-state index contributed by atoms with van der Waals surface area (Å²) < 4.78 is 20.4. The Labute approximate surface area is 270 Å². The third-order valence-electron chi connectivity index (χ3n) is 11.4. The quantitative estimate of drug-likeness (QED) is 0.281. The van der Waals surface area contributed by atoms with Gasteiger partial charge < -0.3 is 30.2 Å². The van der Waals surface area contributed by atoms with Crippen molar-refractivity contribution in [3.05, 3.63) is 81.0 Å². The van der Waals surface area contributed by atoms with E-state index in [9.17, 15) is 19.8 Å². The SMILES string of the molecule is C[C@]12C=CC(=O)C=C1CC[C@@H]1C2[C@@H](O)C[C@@]2(C)C1C[C@H]1O[C@@H](c3cc(OCc4cccc(N)c4)ccc3I)O[C@]12C(=O)CO. The van der Waals surface area contributed by atoms with Gasteiger partial charge in [0.1, 0.15) is 19.0 Å². The van der Waals surface area contributed by atoms with Gasteiger partial charge in [0.2, 0.25) is 0 Å². The maximum absolute atomic E-state index is 13.9. The standard InChI is InChI=1S/C35H38INO7/c1-33-11-10-22(39)13-20(33)6-8-24-26-15-30-35(29(41)17-38,34(26,2)16-28(40)31(24)33)44-32(43-30)25-14-23(7-9-27(25)36)42-18-19-4-3-5-21(37)12-19/h3-5,7,9-14,24,26,28,30-32,38,40H,6,8,15-18,37H2,1-2H3/t24-,26?,28-,30+,31?,32+,33-,34-,35+/m0/s1. The minimum Gasteiger partial charge on any atom is -0.489 e. The van der Waals surface area contributed by atoms with Crippen LogP contribution in [0, 0.1) is 32.2 Å². The van der Waals surface area contributed by atoms with Gasteiger partial charge in [0.15, 0.2) is 23.5 Å². The van der Waals surface area contributed by atoms with E-state index in [1.54, 1.807) is 12.2 Å². The highest BCUT2D eigenvalue weighted by Crippen LogP contribution is 2.70. The number of nitrogen functional groups attached to an aromatic ring is 1. The first-order chi connectivity index (χ1) is 21.0. The highest BCUT2D eigenvalue weighted by Gasteiger charge is 2.76. The summed E-state index contributed by atoms with van der Waals surface area (Å²) in [5, 5.41) is 22.2. The predicted molar refractivity (Wildman–Crippen MR) is 171 cm³/mol. The van der Waals surface area contributed by atoms with Crippen LogP contribution in [0.3, 0.4) is 0 Å². The third kappa shape index (κ3) is 4.37. The molecule has 232 valence electrons. The summed E-state index contributed by atoms with van der Waals surface area (Å²) in [6.07, 6.45) is 5.71. The summed E-state index contributed by atoms with van der Waals surface area (Å²) in [7, 11) is 0. The molecule has 4 fully saturated rings. The molecule has 1 saturated heterocycles. The van der Waals surface area contributed by atoms with Crippen molar-refractivity contribution >= 4 is 39.8 Å². The molecular weight excluding hydrogens is 673 g/mol. The van der Waals surface area contributed by atoms with E-state index >= 15 is 0 Å². The van der Waals surface area contributed by atoms with E-state index < -0.39 is 47.3 Å². The Morgan fingerprint density at radius 2 is 2.02 bits per heavy atom. The van der Waals surface area contributed by atoms with Gasteiger partial charge in [-0.15, -0.1) is 0 Å². The predicted octanol–water partition coefficient (Wildman–Crippen LogP) is 5.06. The lowest BCUT2D eigenvalue weighted by Crippen LogP contribution is -2.63. The van der Waals surface area contributed by atoms with Crippen LogP contribution in [0.25, 0.3) is 0 Å². The van der Waals surface area contributed by atoms with E-state index in [1.165, 1.54) is 0 Å². The highest BCUT2D eigenvalue weighted by molar-refractivity contribution is 14.1. The molecule has 0 aromatic heterocycles. The van der Waals surface area contributed by atoms with Crippen molar-refractivity contribution in [1.82, 2.24) is 0 Å². The molecular formula is C35H38INO7. The molecule has 4 aliphatic carbocycles. The molecule has 44 heavy (non-hydrogen) atoms. The number of fused-ring (bicyclic) bond motifs is 7. The fourth-order valence-electron chi connectivity index (χ4n) is 9.47. The zero-order valence-electron chi connectivity index (χ0n) is 24.9. The monoisotopic (exact) mass is 711 g/mol. The number of allylic oxidation sites excluding steroid dienone is 4. The van der Waals surface area contributed by atoms with Crippen LogP contribution in [0.15, 0.2) is 66.3 Å². The molecule has 4 N–H and O–H groups in total. The number of aliphatic hydroxyl groups is 2. The number of hydrogen-bond donors (Lipinski definition) is 3. The summed E-state index contributed by atoms with van der Waals surface area (Å²) in [5.74, 6) is 0.274. The number of hydrogen-bond acceptors (Lipinski definition) is 8. The van der Waals surface area contributed by atoms with Crippen molar-refractivity contribution in [3.63, 3.8) is 0 Å². The molecule has 2 aromatic rings. The number of nitrogens with two attached hydrogens (primary N) is 1. The molecule has 0 amide bonds. The molecule has 9 atom stereocenters. The third-order valence-corrected chi connectivity index (χ3v) is 12.4. The van der Waals surface area contributed by atoms with Crippen molar-refractivity contribution in [3.8, 4) is 5.75 Å². The maximum Gasteiger partial charge on any atom is 0.193 e. The van der Waals surface area contributed by atoms with Gasteiger partial charge >= 0.3 is 0 Å². The van der Waals surface area contributed by atoms with Crippen LogP contribution in [-0.4, -0.2) is 46.2 Å². The summed E-state index contributed by atoms with van der Waals surface area (Å²) in [4.78, 5) is 26.0. The minimum absolute atomic E-state index is 0.00402. The topological polar surface area (TPSA) is 128 Å². The lowest BCUT2D eigenvalue weighted by atomic mass is 9.46. The van der Waals surface area contributed by atoms with Gasteiger partial charge in [0.25, 0.3) is 0 Å². The van der Waals surface area contributed by atoms with Gasteiger partial charge in [-0.05, 0) is 108 Å². The van der Waals surface area contributed by atoms with Crippen LogP contribution in [0.1, 0.15) is 56.9 Å². The average molecular weight is 712 g/mol. The van der Waals surface area contributed by atoms with Crippen molar-refractivity contribution in [2.45, 2.75) is 70.2 Å². The van der Waals surface area contributed by atoms with Gasteiger partial charge in [-0.2, -0.15) is 0 Å². The zero-order valence-corrected chi connectivity index (χ0v) is 27.0. The Kier molecular flexibility index (Phi) is 7.36. The number of Topliss-reactive ketones (excluding diaryl/α,β-unsaturated/α-hetero) is 1. The molecule has 0 radical (unpaired) electrons. The van der Waals surface area contributed by atoms with Crippen LogP contribution >= 0.6 is 22.6 Å². The number of carbonyl (C=O) groups excluding carboxylic acids is 2. The molecule has 1 aliphatic heterocycles. The number of rotatable bonds is 6. The molecule has 0 spiro atoms. The lowest BCUT2D eigenvalue weighted by molar-refractivity contribution is -0.201. The van der Waals surface area contributed by atoms with E-state index in [-0.39, 0.29) is 23.5 Å². The number of anilines is 1. The molecule has 8 nitrogen and oxygen atoms in total. The smallest absolute Gasteiger partial charge is 0.193 e. The molecule has 9 heteroatoms. The molecule has 5 aliphatic rings. The molecule has 2 aromatic carbocycles. The first-order valence-electron chi connectivity index (χ1n) is 15.4. The van der Waals surface area contributed by atoms with E-state index in [0.29, 0.717) is 30.9 Å². The van der Waals surface area contributed by atoms with Crippen molar-refractivity contribution in [2.24, 2.45) is 28.6 Å². The molecule has 7 rings (SSSR count). The number of halogens is 1. The van der Waals surface area contributed by atoms with Crippen molar-refractivity contribution < 1.29 is 34.0 Å². The van der Waals surface area contributed by atoms with Gasteiger partial charge in [-0.25, -0.2) is 0 Å². The number of carbonyl (C=O) groups is 2. The van der Waals surface area contributed by atoms with Gasteiger partial charge in [-0.3, -0.25) is 9.59 Å². The second kappa shape index (κ2) is 10.8. The number of aliphatic hydroxyl groups excluding tert-OH is 2. The van der Waals surface area contributed by atoms with Gasteiger partial charge in [0, 0.05) is 31.6 Å². The van der Waals surface area contributed by atoms with Crippen molar-refractivity contribution in [2.75, 3.05) is 12.3 Å². The van der Waals surface area contributed by atoms with Crippen LogP contribution in [0.5, 0.6) is 5.75 Å². The van der Waals surface area contributed by atoms with E-state index in [1.807, 2.05) is 55.5 Å². The Hall–Kier alpha value is -2.57. The minimum atomic E-state index is -1.40. The summed E-state index contributed by atoms with van der Waals surface area (Å²) in [5.41, 5.74) is 6.78. The summed E-state index contributed by atoms with van der Waals surface area (Å²) >= 11 is 2.23. The molecule has 2 unspecified atom stereocenters. The highest BCUT2D eigenvalue weighted by atomic mass is 127. The average Bonchev–Trinajstić information content (AvgIpc) is 3.49. The Bertz CT molecular complexity index is 1590. The maximum atomic E-state index is 13.9. The number of benzene rings is 2. The van der Waals surface area contributed by atoms with Crippen LogP contribution in [0.4, 0.5) is 5.69 Å². The number of ketones is 2. The van der Waals surface area contributed by atoms with Crippen LogP contribution < -0.4 is 10.5 Å². The Balaban J connectivity index is 1.19. The second-order valence-electron chi connectivity index (χ2n) is 13.6. The fourth-order valence-corrected chi connectivity index (χ4v) is 10.1. The zero-order chi connectivity index (χ0) is 31.0. The summed E-state index contributed by atoms with van der Waals surface area (Å²) in [6, 6.07) is 13.2.